The molecule has 26 heavy (non-hydrogen) atoms. The van der Waals surface area contributed by atoms with Crippen LogP contribution in [0.5, 0.6) is 5.75 Å². The highest BCUT2D eigenvalue weighted by atomic mass is 127. The highest BCUT2D eigenvalue weighted by molar-refractivity contribution is 14.0. The maximum atomic E-state index is 12.1. The molecule has 0 atom stereocenters. The molecule has 146 valence electrons. The van der Waals surface area contributed by atoms with E-state index in [0.717, 1.165) is 18.4 Å². The number of rotatable bonds is 8. The van der Waals surface area contributed by atoms with Crippen molar-refractivity contribution in [2.75, 3.05) is 27.2 Å². The topological polar surface area (TPSA) is 66.0 Å². The minimum Gasteiger partial charge on any atom is -0.435 e. The minimum absolute atomic E-state index is 0. The molecule has 0 spiro atoms. The zero-order chi connectivity index (χ0) is 18.2. The number of benzene rings is 1. The smallest absolute Gasteiger partial charge is 0.387 e. The Balaban J connectivity index is 0.00000338. The van der Waals surface area contributed by atoms with Crippen LogP contribution in [-0.2, 0) is 11.3 Å². The SMILES string of the molecule is CN=C(NCCNC(=O)C1CC1)N(C)Cc1ccc(OC(F)F)cc1.I. The molecular formula is C17H25F2IN4O2. The summed E-state index contributed by atoms with van der Waals surface area (Å²) in [5, 5.41) is 6.06. The number of ether oxygens (including phenoxy) is 1. The van der Waals surface area contributed by atoms with Gasteiger partial charge in [-0.2, -0.15) is 8.78 Å². The third-order valence-electron chi connectivity index (χ3n) is 3.80. The van der Waals surface area contributed by atoms with E-state index >= 15 is 0 Å². The normalized spacial score (nSPS) is 13.8. The van der Waals surface area contributed by atoms with Gasteiger partial charge < -0.3 is 20.3 Å². The van der Waals surface area contributed by atoms with Gasteiger partial charge in [-0.05, 0) is 30.5 Å². The van der Waals surface area contributed by atoms with E-state index in [9.17, 15) is 13.6 Å². The summed E-state index contributed by atoms with van der Waals surface area (Å²) in [5.41, 5.74) is 0.939. The molecule has 1 amide bonds. The Morgan fingerprint density at radius 1 is 1.27 bits per heavy atom. The predicted octanol–water partition coefficient (Wildman–Crippen LogP) is 2.44. The summed E-state index contributed by atoms with van der Waals surface area (Å²) in [6.45, 7) is -1.14. The summed E-state index contributed by atoms with van der Waals surface area (Å²) in [5.74, 6) is 1.15. The summed E-state index contributed by atoms with van der Waals surface area (Å²) < 4.78 is 28.6. The number of halogens is 3. The van der Waals surface area contributed by atoms with Gasteiger partial charge in [-0.15, -0.1) is 24.0 Å². The van der Waals surface area contributed by atoms with Gasteiger partial charge in [-0.25, -0.2) is 0 Å². The van der Waals surface area contributed by atoms with Crippen molar-refractivity contribution in [3.05, 3.63) is 29.8 Å². The first-order valence-corrected chi connectivity index (χ1v) is 8.23. The number of nitrogens with one attached hydrogen (secondary N) is 2. The van der Waals surface area contributed by atoms with E-state index in [0.29, 0.717) is 25.6 Å². The molecular weight excluding hydrogens is 457 g/mol. The molecule has 2 rings (SSSR count). The van der Waals surface area contributed by atoms with Crippen LogP contribution in [0.25, 0.3) is 0 Å². The predicted molar refractivity (Wildman–Crippen MR) is 107 cm³/mol. The molecule has 1 aliphatic rings. The number of guanidine groups is 1. The third-order valence-corrected chi connectivity index (χ3v) is 3.80. The van der Waals surface area contributed by atoms with Crippen LogP contribution in [0.15, 0.2) is 29.3 Å². The lowest BCUT2D eigenvalue weighted by Gasteiger charge is -2.22. The van der Waals surface area contributed by atoms with Gasteiger partial charge >= 0.3 is 6.61 Å². The Labute approximate surface area is 169 Å². The lowest BCUT2D eigenvalue weighted by molar-refractivity contribution is -0.122. The summed E-state index contributed by atoms with van der Waals surface area (Å²) in [6.07, 6.45) is 1.98. The molecule has 1 aromatic rings. The number of hydrogen-bond donors (Lipinski definition) is 2. The standard InChI is InChI=1S/C17H24F2N4O2.HI/c1-20-17(22-10-9-21-15(24)13-5-6-13)23(2)11-12-3-7-14(8-4-12)25-16(18)19;/h3-4,7-8,13,16H,5-6,9-11H2,1-2H3,(H,20,22)(H,21,24);1H. The quantitative estimate of drug-likeness (QED) is 0.259. The number of hydrogen-bond acceptors (Lipinski definition) is 3. The van der Waals surface area contributed by atoms with Crippen molar-refractivity contribution in [1.82, 2.24) is 15.5 Å². The number of carbonyl (C=O) groups is 1. The van der Waals surface area contributed by atoms with Gasteiger partial charge in [-0.1, -0.05) is 12.1 Å². The summed E-state index contributed by atoms with van der Waals surface area (Å²) in [6, 6.07) is 6.49. The Bertz CT molecular complexity index is 595. The second-order valence-electron chi connectivity index (χ2n) is 5.92. The maximum Gasteiger partial charge on any atom is 0.387 e. The minimum atomic E-state index is -2.82. The van der Waals surface area contributed by atoms with Gasteiger partial charge in [0, 0.05) is 39.6 Å². The molecule has 0 aliphatic heterocycles. The third kappa shape index (κ3) is 7.71. The van der Waals surface area contributed by atoms with Crippen molar-refractivity contribution in [1.29, 1.82) is 0 Å². The van der Waals surface area contributed by atoms with E-state index in [-0.39, 0.29) is 41.6 Å². The molecule has 0 aromatic heterocycles. The van der Waals surface area contributed by atoms with Gasteiger partial charge in [0.2, 0.25) is 5.91 Å². The van der Waals surface area contributed by atoms with E-state index in [2.05, 4.69) is 20.4 Å². The first kappa shape index (κ1) is 22.4. The molecule has 0 heterocycles. The monoisotopic (exact) mass is 482 g/mol. The van der Waals surface area contributed by atoms with Crippen LogP contribution in [0, 0.1) is 5.92 Å². The second kappa shape index (κ2) is 11.1. The highest BCUT2D eigenvalue weighted by Gasteiger charge is 2.28. The van der Waals surface area contributed by atoms with Gasteiger partial charge in [0.05, 0.1) is 0 Å². The van der Waals surface area contributed by atoms with E-state index in [1.54, 1.807) is 19.2 Å². The molecule has 9 heteroatoms. The molecule has 0 saturated heterocycles. The second-order valence-corrected chi connectivity index (χ2v) is 5.92. The molecule has 2 N–H and O–H groups in total. The first-order chi connectivity index (χ1) is 12.0. The molecule has 1 fully saturated rings. The fourth-order valence-electron chi connectivity index (χ4n) is 2.36. The molecule has 1 aromatic carbocycles. The zero-order valence-electron chi connectivity index (χ0n) is 14.9. The Morgan fingerprint density at radius 3 is 2.42 bits per heavy atom. The van der Waals surface area contributed by atoms with Crippen molar-refractivity contribution in [3.8, 4) is 5.75 Å². The average molecular weight is 482 g/mol. The lowest BCUT2D eigenvalue weighted by Crippen LogP contribution is -2.42. The lowest BCUT2D eigenvalue weighted by atomic mass is 10.2. The first-order valence-electron chi connectivity index (χ1n) is 8.23. The maximum absolute atomic E-state index is 12.1. The molecule has 0 radical (unpaired) electrons. The van der Waals surface area contributed by atoms with Crippen LogP contribution in [0.1, 0.15) is 18.4 Å². The van der Waals surface area contributed by atoms with E-state index in [1.807, 2.05) is 11.9 Å². The largest absolute Gasteiger partial charge is 0.435 e. The molecule has 0 bridgehead atoms. The number of carbonyl (C=O) groups excluding carboxylic acids is 1. The number of aliphatic imine (C=N–C) groups is 1. The molecule has 1 aliphatic carbocycles. The van der Waals surface area contributed by atoms with Crippen LogP contribution in [-0.4, -0.2) is 50.6 Å². The van der Waals surface area contributed by atoms with Crippen molar-refractivity contribution in [3.63, 3.8) is 0 Å². The van der Waals surface area contributed by atoms with Gasteiger partial charge in [0.15, 0.2) is 5.96 Å². The molecule has 1 saturated carbocycles. The van der Waals surface area contributed by atoms with Crippen LogP contribution >= 0.6 is 24.0 Å². The Morgan fingerprint density at radius 2 is 1.88 bits per heavy atom. The van der Waals surface area contributed by atoms with Gasteiger partial charge in [0.1, 0.15) is 5.75 Å². The Hall–Kier alpha value is -1.65. The van der Waals surface area contributed by atoms with Crippen LogP contribution < -0.4 is 15.4 Å². The summed E-state index contributed by atoms with van der Waals surface area (Å²) >= 11 is 0. The zero-order valence-corrected chi connectivity index (χ0v) is 17.2. The van der Waals surface area contributed by atoms with Crippen LogP contribution in [0.3, 0.4) is 0 Å². The molecule has 0 unspecified atom stereocenters. The van der Waals surface area contributed by atoms with Gasteiger partial charge in [-0.3, -0.25) is 9.79 Å². The Kier molecular flexibility index (Phi) is 9.60. The fourth-order valence-corrected chi connectivity index (χ4v) is 2.36. The van der Waals surface area contributed by atoms with E-state index < -0.39 is 6.61 Å². The highest BCUT2D eigenvalue weighted by Crippen LogP contribution is 2.28. The van der Waals surface area contributed by atoms with Crippen molar-refractivity contribution in [2.24, 2.45) is 10.9 Å². The average Bonchev–Trinajstić information content (AvgIpc) is 3.41. The summed E-state index contributed by atoms with van der Waals surface area (Å²) in [7, 11) is 3.56. The van der Waals surface area contributed by atoms with E-state index in [1.165, 1.54) is 12.1 Å². The number of nitrogens with zero attached hydrogens (tertiary/aromatic N) is 2. The van der Waals surface area contributed by atoms with Crippen molar-refractivity contribution < 1.29 is 18.3 Å². The van der Waals surface area contributed by atoms with Crippen LogP contribution in [0.4, 0.5) is 8.78 Å². The summed E-state index contributed by atoms with van der Waals surface area (Å²) in [4.78, 5) is 17.7. The number of amides is 1. The van der Waals surface area contributed by atoms with Gasteiger partial charge in [0.25, 0.3) is 0 Å². The number of alkyl halides is 2. The van der Waals surface area contributed by atoms with Crippen molar-refractivity contribution in [2.45, 2.75) is 26.0 Å². The van der Waals surface area contributed by atoms with Crippen molar-refractivity contribution >= 4 is 35.8 Å². The van der Waals surface area contributed by atoms with Crippen LogP contribution in [0.2, 0.25) is 0 Å². The fraction of sp³-hybridized carbons (Fsp3) is 0.529. The molecule has 6 nitrogen and oxygen atoms in total. The van der Waals surface area contributed by atoms with E-state index in [4.69, 9.17) is 0 Å².